The third-order valence-electron chi connectivity index (χ3n) is 3.14. The van der Waals surface area contributed by atoms with Gasteiger partial charge in [-0.25, -0.2) is 4.98 Å². The minimum absolute atomic E-state index is 0.389. The van der Waals surface area contributed by atoms with Crippen LogP contribution in [0.2, 0.25) is 0 Å². The maximum atomic E-state index is 12.7. The van der Waals surface area contributed by atoms with Crippen LogP contribution in [0.25, 0.3) is 11.3 Å². The molecule has 0 fully saturated rings. The van der Waals surface area contributed by atoms with Crippen LogP contribution >= 0.6 is 11.3 Å². The number of hydrogen-bond acceptors (Lipinski definition) is 3. The Bertz CT molecular complexity index is 766. The molecular weight excluding hydrogens is 309 g/mol. The van der Waals surface area contributed by atoms with Gasteiger partial charge >= 0.3 is 6.18 Å². The van der Waals surface area contributed by atoms with Gasteiger partial charge < -0.3 is 0 Å². The van der Waals surface area contributed by atoms with Crippen molar-refractivity contribution >= 4 is 11.3 Å². The molecule has 0 unspecified atom stereocenters. The van der Waals surface area contributed by atoms with Crippen molar-refractivity contribution in [2.24, 2.45) is 0 Å². The second-order valence-electron chi connectivity index (χ2n) is 4.74. The fourth-order valence-electron chi connectivity index (χ4n) is 2.08. The second kappa shape index (κ2) is 5.88. The summed E-state index contributed by atoms with van der Waals surface area (Å²) in [5.41, 5.74) is 1.73. The Morgan fingerprint density at radius 1 is 1.05 bits per heavy atom. The first kappa shape index (κ1) is 14.7. The highest BCUT2D eigenvalue weighted by atomic mass is 32.1. The third-order valence-corrected chi connectivity index (χ3v) is 3.99. The van der Waals surface area contributed by atoms with Gasteiger partial charge in [-0.2, -0.15) is 13.2 Å². The van der Waals surface area contributed by atoms with E-state index < -0.39 is 11.7 Å². The zero-order valence-electron chi connectivity index (χ0n) is 11.3. The number of nitrogens with zero attached hydrogens (tertiary/aromatic N) is 2. The second-order valence-corrected chi connectivity index (χ2v) is 5.68. The summed E-state index contributed by atoms with van der Waals surface area (Å²) < 4.78 is 38.1. The lowest BCUT2D eigenvalue weighted by Crippen LogP contribution is -2.05. The van der Waals surface area contributed by atoms with Crippen molar-refractivity contribution in [3.63, 3.8) is 0 Å². The molecule has 3 rings (SSSR count). The van der Waals surface area contributed by atoms with Gasteiger partial charge in [0.05, 0.1) is 16.3 Å². The fraction of sp³-hybridized carbons (Fsp3) is 0.125. The maximum absolute atomic E-state index is 12.7. The summed E-state index contributed by atoms with van der Waals surface area (Å²) in [6.07, 6.45) is -0.566. The smallest absolute Gasteiger partial charge is 0.265 e. The predicted octanol–water partition coefficient (Wildman–Crippen LogP) is 4.81. The molecule has 2 aromatic heterocycles. The molecule has 0 radical (unpaired) electrons. The normalized spacial score (nSPS) is 11.6. The molecule has 6 heteroatoms. The lowest BCUT2D eigenvalue weighted by molar-refractivity contribution is -0.137. The molecule has 22 heavy (non-hydrogen) atoms. The maximum Gasteiger partial charge on any atom is 0.416 e. The first-order valence-corrected chi connectivity index (χ1v) is 7.41. The predicted molar refractivity (Wildman–Crippen MR) is 79.6 cm³/mol. The van der Waals surface area contributed by atoms with Crippen LogP contribution in [0, 0.1) is 0 Å². The number of alkyl halides is 3. The van der Waals surface area contributed by atoms with Crippen LogP contribution in [0.1, 0.15) is 16.1 Å². The zero-order valence-corrected chi connectivity index (χ0v) is 12.2. The molecular formula is C16H11F3N2S. The minimum Gasteiger partial charge on any atom is -0.265 e. The van der Waals surface area contributed by atoms with E-state index in [1.165, 1.54) is 23.5 Å². The van der Waals surface area contributed by atoms with Gasteiger partial charge in [0.15, 0.2) is 0 Å². The average Bonchev–Trinajstić information content (AvgIpc) is 2.96. The SMILES string of the molecule is FC(F)(F)c1cccc(Cc2nc(-c3ccncc3)cs2)c1. The summed E-state index contributed by atoms with van der Waals surface area (Å²) in [7, 11) is 0. The van der Waals surface area contributed by atoms with Crippen LogP contribution in [-0.2, 0) is 12.6 Å². The molecule has 0 bridgehead atoms. The van der Waals surface area contributed by atoms with Gasteiger partial charge in [0.1, 0.15) is 0 Å². The van der Waals surface area contributed by atoms with Gasteiger partial charge in [0, 0.05) is 29.8 Å². The Balaban J connectivity index is 1.81. The van der Waals surface area contributed by atoms with Gasteiger partial charge in [-0.3, -0.25) is 4.98 Å². The van der Waals surface area contributed by atoms with Gasteiger partial charge in [-0.1, -0.05) is 18.2 Å². The van der Waals surface area contributed by atoms with Crippen LogP contribution in [0.3, 0.4) is 0 Å². The zero-order chi connectivity index (χ0) is 15.6. The van der Waals surface area contributed by atoms with E-state index in [9.17, 15) is 13.2 Å². The Labute approximate surface area is 129 Å². The summed E-state index contributed by atoms with van der Waals surface area (Å²) in [4.78, 5) is 8.42. The average molecular weight is 320 g/mol. The summed E-state index contributed by atoms with van der Waals surface area (Å²) in [5.74, 6) is 0. The van der Waals surface area contributed by atoms with Crippen molar-refractivity contribution in [1.82, 2.24) is 9.97 Å². The van der Waals surface area contributed by atoms with E-state index in [0.29, 0.717) is 12.0 Å². The topological polar surface area (TPSA) is 25.8 Å². The molecule has 0 saturated heterocycles. The van der Waals surface area contributed by atoms with E-state index in [0.717, 1.165) is 22.3 Å². The summed E-state index contributed by atoms with van der Waals surface area (Å²) >= 11 is 1.44. The summed E-state index contributed by atoms with van der Waals surface area (Å²) in [6.45, 7) is 0. The Hall–Kier alpha value is -2.21. The molecule has 0 N–H and O–H groups in total. The van der Waals surface area contributed by atoms with Crippen LogP contribution in [0.5, 0.6) is 0 Å². The van der Waals surface area contributed by atoms with Crippen molar-refractivity contribution in [3.8, 4) is 11.3 Å². The fourth-order valence-corrected chi connectivity index (χ4v) is 2.92. The van der Waals surface area contributed by atoms with Gasteiger partial charge in [0.2, 0.25) is 0 Å². The van der Waals surface area contributed by atoms with Crippen molar-refractivity contribution in [2.45, 2.75) is 12.6 Å². The summed E-state index contributed by atoms with van der Waals surface area (Å²) in [5, 5.41) is 2.68. The van der Waals surface area contributed by atoms with Crippen LogP contribution in [0.4, 0.5) is 13.2 Å². The van der Waals surface area contributed by atoms with E-state index in [-0.39, 0.29) is 0 Å². The highest BCUT2D eigenvalue weighted by molar-refractivity contribution is 7.10. The first-order valence-electron chi connectivity index (χ1n) is 6.53. The molecule has 2 heterocycles. The minimum atomic E-state index is -4.32. The number of benzene rings is 1. The number of rotatable bonds is 3. The monoisotopic (exact) mass is 320 g/mol. The van der Waals surface area contributed by atoms with Gasteiger partial charge in [0.25, 0.3) is 0 Å². The molecule has 0 aliphatic heterocycles. The van der Waals surface area contributed by atoms with Crippen molar-refractivity contribution in [3.05, 3.63) is 70.3 Å². The highest BCUT2D eigenvalue weighted by Crippen LogP contribution is 2.30. The molecule has 0 amide bonds. The van der Waals surface area contributed by atoms with Crippen molar-refractivity contribution in [2.75, 3.05) is 0 Å². The highest BCUT2D eigenvalue weighted by Gasteiger charge is 2.30. The number of hydrogen-bond donors (Lipinski definition) is 0. The third kappa shape index (κ3) is 3.33. The number of thiazole rings is 1. The Kier molecular flexibility index (Phi) is 3.94. The van der Waals surface area contributed by atoms with E-state index in [4.69, 9.17) is 0 Å². The molecule has 1 aromatic carbocycles. The standard InChI is InChI=1S/C16H11F3N2S/c17-16(18,19)13-3-1-2-11(8-13)9-15-21-14(10-22-15)12-4-6-20-7-5-12/h1-8,10H,9H2. The van der Waals surface area contributed by atoms with Crippen molar-refractivity contribution in [1.29, 1.82) is 0 Å². The lowest BCUT2D eigenvalue weighted by Gasteiger charge is -2.07. The molecule has 0 aliphatic rings. The van der Waals surface area contributed by atoms with Gasteiger partial charge in [-0.05, 0) is 23.8 Å². The van der Waals surface area contributed by atoms with Gasteiger partial charge in [-0.15, -0.1) is 11.3 Å². The lowest BCUT2D eigenvalue weighted by atomic mass is 10.1. The molecule has 0 spiro atoms. The van der Waals surface area contributed by atoms with E-state index >= 15 is 0 Å². The molecule has 0 atom stereocenters. The largest absolute Gasteiger partial charge is 0.416 e. The first-order chi connectivity index (χ1) is 10.5. The van der Waals surface area contributed by atoms with Crippen LogP contribution in [-0.4, -0.2) is 9.97 Å². The van der Waals surface area contributed by atoms with Crippen LogP contribution in [0.15, 0.2) is 54.2 Å². The number of halogens is 3. The quantitative estimate of drug-likeness (QED) is 0.692. The molecule has 0 saturated carbocycles. The molecule has 3 aromatic rings. The molecule has 0 aliphatic carbocycles. The summed E-state index contributed by atoms with van der Waals surface area (Å²) in [6, 6.07) is 9.06. The van der Waals surface area contributed by atoms with Crippen molar-refractivity contribution < 1.29 is 13.2 Å². The van der Waals surface area contributed by atoms with Crippen LogP contribution < -0.4 is 0 Å². The molecule has 2 nitrogen and oxygen atoms in total. The van der Waals surface area contributed by atoms with E-state index in [1.807, 2.05) is 17.5 Å². The molecule has 112 valence electrons. The van der Waals surface area contributed by atoms with E-state index in [2.05, 4.69) is 9.97 Å². The Morgan fingerprint density at radius 2 is 1.82 bits per heavy atom. The number of aromatic nitrogens is 2. The Morgan fingerprint density at radius 3 is 2.55 bits per heavy atom. The number of pyridine rings is 1. The van der Waals surface area contributed by atoms with E-state index in [1.54, 1.807) is 18.5 Å².